The molecular weight excluding hydrogens is 348 g/mol. The minimum Gasteiger partial charge on any atom is -0.369 e. The molecule has 0 atom stereocenters. The SMILES string of the molecule is CN(C)C.O=Cc1ccc(N2CCN(C3CC4(CNC4)C3)CC2)cc1Cl. The lowest BCUT2D eigenvalue weighted by Crippen LogP contribution is -2.66. The van der Waals surface area contributed by atoms with Crippen molar-refractivity contribution in [3.8, 4) is 0 Å². The summed E-state index contributed by atoms with van der Waals surface area (Å²) in [5.74, 6) is 0. The van der Waals surface area contributed by atoms with Gasteiger partial charge in [-0.3, -0.25) is 9.69 Å². The van der Waals surface area contributed by atoms with E-state index in [0.29, 0.717) is 16.0 Å². The average Bonchev–Trinajstić information content (AvgIpc) is 2.52. The summed E-state index contributed by atoms with van der Waals surface area (Å²) in [5, 5.41) is 3.96. The van der Waals surface area contributed by atoms with Crippen molar-refractivity contribution in [2.45, 2.75) is 18.9 Å². The van der Waals surface area contributed by atoms with E-state index in [1.54, 1.807) is 0 Å². The maximum absolute atomic E-state index is 10.8. The van der Waals surface area contributed by atoms with Gasteiger partial charge in [-0.2, -0.15) is 0 Å². The molecule has 1 N–H and O–H groups in total. The molecule has 2 aliphatic heterocycles. The number of rotatable bonds is 3. The highest BCUT2D eigenvalue weighted by Crippen LogP contribution is 2.46. The number of nitrogens with zero attached hydrogens (tertiary/aromatic N) is 3. The minimum atomic E-state index is 0.549. The molecule has 0 radical (unpaired) electrons. The van der Waals surface area contributed by atoms with E-state index in [4.69, 9.17) is 11.6 Å². The van der Waals surface area contributed by atoms with Crippen LogP contribution in [-0.2, 0) is 0 Å². The molecule has 26 heavy (non-hydrogen) atoms. The lowest BCUT2D eigenvalue weighted by Gasteiger charge is -2.58. The van der Waals surface area contributed by atoms with Gasteiger partial charge in [0, 0.05) is 56.6 Å². The second kappa shape index (κ2) is 8.26. The monoisotopic (exact) mass is 378 g/mol. The van der Waals surface area contributed by atoms with Crippen LogP contribution < -0.4 is 10.2 Å². The number of carbonyl (C=O) groups excluding carboxylic acids is 1. The first-order valence-corrected chi connectivity index (χ1v) is 9.86. The zero-order valence-corrected chi connectivity index (χ0v) is 16.9. The van der Waals surface area contributed by atoms with Crippen LogP contribution in [-0.4, -0.2) is 82.5 Å². The van der Waals surface area contributed by atoms with Gasteiger partial charge in [0.15, 0.2) is 6.29 Å². The van der Waals surface area contributed by atoms with Crippen LogP contribution in [0.1, 0.15) is 23.2 Å². The number of anilines is 1. The van der Waals surface area contributed by atoms with E-state index in [1.807, 2.05) is 44.2 Å². The van der Waals surface area contributed by atoms with Crippen molar-refractivity contribution >= 4 is 23.6 Å². The van der Waals surface area contributed by atoms with Gasteiger partial charge in [0.05, 0.1) is 5.02 Å². The molecule has 1 aromatic carbocycles. The third kappa shape index (κ3) is 4.39. The normalized spacial score (nSPS) is 22.4. The molecule has 5 nitrogen and oxygen atoms in total. The molecule has 0 aromatic heterocycles. The van der Waals surface area contributed by atoms with Crippen LogP contribution >= 0.6 is 11.6 Å². The van der Waals surface area contributed by atoms with Gasteiger partial charge in [-0.1, -0.05) is 11.6 Å². The fraction of sp³-hybridized carbons (Fsp3) is 0.650. The molecule has 2 saturated heterocycles. The molecule has 3 aliphatic rings. The fourth-order valence-electron chi connectivity index (χ4n) is 4.12. The molecule has 1 aromatic rings. The summed E-state index contributed by atoms with van der Waals surface area (Å²) in [6.07, 6.45) is 3.56. The molecular formula is C20H31ClN4O. The molecule has 1 aliphatic carbocycles. The van der Waals surface area contributed by atoms with E-state index in [0.717, 1.165) is 44.2 Å². The van der Waals surface area contributed by atoms with Crippen LogP contribution in [0.3, 0.4) is 0 Å². The highest BCUT2D eigenvalue weighted by Gasteiger charge is 2.50. The first-order chi connectivity index (χ1) is 12.4. The van der Waals surface area contributed by atoms with Crippen molar-refractivity contribution in [1.29, 1.82) is 0 Å². The molecule has 6 heteroatoms. The number of halogens is 1. The Morgan fingerprint density at radius 1 is 1.15 bits per heavy atom. The number of hydrogen-bond donors (Lipinski definition) is 1. The Kier molecular flexibility index (Phi) is 6.23. The zero-order chi connectivity index (χ0) is 18.7. The lowest BCUT2D eigenvalue weighted by atomic mass is 9.61. The number of carbonyl (C=O) groups is 1. The molecule has 1 saturated carbocycles. The number of aldehydes is 1. The second-order valence-corrected chi connectivity index (χ2v) is 8.76. The number of nitrogens with one attached hydrogen (secondary N) is 1. The fourth-order valence-corrected chi connectivity index (χ4v) is 4.34. The van der Waals surface area contributed by atoms with Crippen LogP contribution in [0.4, 0.5) is 5.69 Å². The van der Waals surface area contributed by atoms with Crippen molar-refractivity contribution in [3.63, 3.8) is 0 Å². The highest BCUT2D eigenvalue weighted by atomic mass is 35.5. The Morgan fingerprint density at radius 3 is 2.23 bits per heavy atom. The summed E-state index contributed by atoms with van der Waals surface area (Å²) < 4.78 is 0. The van der Waals surface area contributed by atoms with Gasteiger partial charge in [0.1, 0.15) is 0 Å². The molecule has 144 valence electrons. The predicted octanol–water partition coefficient (Wildman–Crippen LogP) is 2.20. The van der Waals surface area contributed by atoms with Crippen LogP contribution in [0.5, 0.6) is 0 Å². The number of piperazine rings is 1. The topological polar surface area (TPSA) is 38.8 Å². The molecule has 0 bridgehead atoms. The first kappa shape index (κ1) is 19.6. The van der Waals surface area contributed by atoms with E-state index in [2.05, 4.69) is 15.1 Å². The van der Waals surface area contributed by atoms with E-state index < -0.39 is 0 Å². The van der Waals surface area contributed by atoms with Crippen LogP contribution in [0.25, 0.3) is 0 Å². The van der Waals surface area contributed by atoms with E-state index in [1.165, 1.54) is 25.9 Å². The van der Waals surface area contributed by atoms with E-state index in [-0.39, 0.29) is 0 Å². The largest absolute Gasteiger partial charge is 0.369 e. The quantitative estimate of drug-likeness (QED) is 0.816. The van der Waals surface area contributed by atoms with Crippen molar-refractivity contribution in [3.05, 3.63) is 28.8 Å². The van der Waals surface area contributed by atoms with Gasteiger partial charge in [-0.25, -0.2) is 0 Å². The third-order valence-corrected chi connectivity index (χ3v) is 5.97. The molecule has 2 heterocycles. The van der Waals surface area contributed by atoms with Crippen LogP contribution in [0, 0.1) is 5.41 Å². The summed E-state index contributed by atoms with van der Waals surface area (Å²) in [4.78, 5) is 17.9. The smallest absolute Gasteiger partial charge is 0.151 e. The maximum Gasteiger partial charge on any atom is 0.151 e. The zero-order valence-electron chi connectivity index (χ0n) is 16.2. The highest BCUT2D eigenvalue weighted by molar-refractivity contribution is 6.33. The van der Waals surface area contributed by atoms with E-state index in [9.17, 15) is 4.79 Å². The average molecular weight is 379 g/mol. The van der Waals surface area contributed by atoms with Gasteiger partial charge < -0.3 is 15.1 Å². The standard InChI is InChI=1S/C17H22ClN3O.C3H9N/c18-16-7-14(2-1-13(16)10-22)20-3-5-21(6-4-20)15-8-17(9-15)11-19-12-17;1-4(2)3/h1-2,7,10,15,19H,3-6,8-9,11-12H2;1-3H3. The van der Waals surface area contributed by atoms with Crippen LogP contribution in [0.15, 0.2) is 18.2 Å². The summed E-state index contributed by atoms with van der Waals surface area (Å²) in [7, 11) is 6.00. The molecule has 0 amide bonds. The van der Waals surface area contributed by atoms with Gasteiger partial charge >= 0.3 is 0 Å². The third-order valence-electron chi connectivity index (χ3n) is 5.64. The summed E-state index contributed by atoms with van der Waals surface area (Å²) in [6.45, 7) is 6.79. The van der Waals surface area contributed by atoms with Gasteiger partial charge in [-0.05, 0) is 57.6 Å². The maximum atomic E-state index is 10.8. The van der Waals surface area contributed by atoms with Crippen molar-refractivity contribution < 1.29 is 4.79 Å². The van der Waals surface area contributed by atoms with Crippen LogP contribution in [0.2, 0.25) is 5.02 Å². The van der Waals surface area contributed by atoms with Crippen molar-refractivity contribution in [1.82, 2.24) is 15.1 Å². The Morgan fingerprint density at radius 2 is 1.77 bits per heavy atom. The van der Waals surface area contributed by atoms with E-state index >= 15 is 0 Å². The Hall–Kier alpha value is -1.14. The first-order valence-electron chi connectivity index (χ1n) is 9.48. The lowest BCUT2D eigenvalue weighted by molar-refractivity contribution is -0.0373. The summed E-state index contributed by atoms with van der Waals surface area (Å²) in [6, 6.07) is 6.53. The predicted molar refractivity (Wildman–Crippen MR) is 109 cm³/mol. The number of benzene rings is 1. The molecule has 1 spiro atoms. The molecule has 0 unspecified atom stereocenters. The Labute approximate surface area is 162 Å². The van der Waals surface area contributed by atoms with Gasteiger partial charge in [0.2, 0.25) is 0 Å². The Balaban J connectivity index is 0.000000447. The molecule has 4 rings (SSSR count). The summed E-state index contributed by atoms with van der Waals surface area (Å²) in [5.41, 5.74) is 2.35. The second-order valence-electron chi connectivity index (χ2n) is 8.35. The minimum absolute atomic E-state index is 0.549. The van der Waals surface area contributed by atoms with Crippen molar-refractivity contribution in [2.75, 3.05) is 65.3 Å². The molecule has 3 fully saturated rings. The number of hydrogen-bond acceptors (Lipinski definition) is 5. The van der Waals surface area contributed by atoms with Gasteiger partial charge in [-0.15, -0.1) is 0 Å². The van der Waals surface area contributed by atoms with Gasteiger partial charge in [0.25, 0.3) is 0 Å². The van der Waals surface area contributed by atoms with Crippen molar-refractivity contribution in [2.24, 2.45) is 5.41 Å². The summed E-state index contributed by atoms with van der Waals surface area (Å²) >= 11 is 6.14. The Bertz CT molecular complexity index is 613.